The van der Waals surface area contributed by atoms with Crippen LogP contribution in [0.15, 0.2) is 28.7 Å². The largest absolute Gasteiger partial charge is 0.413 e. The molecule has 0 aliphatic rings. The third-order valence-corrected chi connectivity index (χ3v) is 4.57. The SMILES string of the molecule is CCO[P+](O)(Cc1ccc(Br)cc1)OCC. The normalized spacial score (nSPS) is 11.8. The maximum absolute atomic E-state index is 10.2. The fourth-order valence-corrected chi connectivity index (χ4v) is 3.35. The first kappa shape index (κ1) is 14.1. The van der Waals surface area contributed by atoms with Crippen molar-refractivity contribution in [3.8, 4) is 0 Å². The first-order valence-electron chi connectivity index (χ1n) is 5.24. The predicted octanol–water partition coefficient (Wildman–Crippen LogP) is 3.78. The standard InChI is InChI=1S/C11H17BrO3P/c1-3-14-16(13,15-4-2)9-10-5-7-11(12)8-6-10/h5-8,13H,3-4,9H2,1-2H3/q+1. The Kier molecular flexibility index (Phi) is 5.87. The monoisotopic (exact) mass is 307 g/mol. The Morgan fingerprint density at radius 2 is 1.62 bits per heavy atom. The quantitative estimate of drug-likeness (QED) is 0.813. The van der Waals surface area contributed by atoms with Crippen LogP contribution in [0.2, 0.25) is 0 Å². The molecule has 0 aliphatic heterocycles. The smallest absolute Gasteiger partial charge is 0.192 e. The summed E-state index contributed by atoms with van der Waals surface area (Å²) in [7, 11) is -2.72. The molecule has 0 radical (unpaired) electrons. The van der Waals surface area contributed by atoms with Crippen LogP contribution in [0.1, 0.15) is 19.4 Å². The van der Waals surface area contributed by atoms with E-state index in [-0.39, 0.29) is 0 Å². The maximum atomic E-state index is 10.2. The van der Waals surface area contributed by atoms with Gasteiger partial charge in [-0.1, -0.05) is 28.1 Å². The summed E-state index contributed by atoms with van der Waals surface area (Å²) in [5.74, 6) is 0. The third-order valence-electron chi connectivity index (χ3n) is 1.96. The Hall–Kier alpha value is 0.01000. The second-order valence-corrected chi connectivity index (χ2v) is 6.28. The minimum atomic E-state index is -2.72. The highest BCUT2D eigenvalue weighted by Gasteiger charge is 2.39. The summed E-state index contributed by atoms with van der Waals surface area (Å²) in [6.07, 6.45) is 0.433. The van der Waals surface area contributed by atoms with E-state index in [1.165, 1.54) is 0 Å². The topological polar surface area (TPSA) is 38.7 Å². The molecule has 16 heavy (non-hydrogen) atoms. The van der Waals surface area contributed by atoms with Crippen LogP contribution in [-0.2, 0) is 15.2 Å². The van der Waals surface area contributed by atoms with E-state index in [2.05, 4.69) is 15.9 Å². The number of halogens is 1. The molecule has 3 nitrogen and oxygen atoms in total. The van der Waals surface area contributed by atoms with E-state index in [4.69, 9.17) is 9.05 Å². The van der Waals surface area contributed by atoms with Crippen molar-refractivity contribution >= 4 is 23.9 Å². The Morgan fingerprint density at radius 3 is 2.06 bits per heavy atom. The van der Waals surface area contributed by atoms with E-state index in [9.17, 15) is 4.89 Å². The fraction of sp³-hybridized carbons (Fsp3) is 0.455. The summed E-state index contributed by atoms with van der Waals surface area (Å²) < 4.78 is 11.7. The van der Waals surface area contributed by atoms with Crippen LogP contribution in [0, 0.1) is 0 Å². The lowest BCUT2D eigenvalue weighted by Crippen LogP contribution is -2.05. The average Bonchev–Trinajstić information content (AvgIpc) is 2.22. The highest BCUT2D eigenvalue weighted by molar-refractivity contribution is 9.10. The van der Waals surface area contributed by atoms with Crippen molar-refractivity contribution in [3.05, 3.63) is 34.3 Å². The minimum absolute atomic E-state index is 0.433. The first-order valence-corrected chi connectivity index (χ1v) is 7.79. The molecular formula is C11H17BrO3P+. The van der Waals surface area contributed by atoms with Crippen molar-refractivity contribution in [1.29, 1.82) is 0 Å². The van der Waals surface area contributed by atoms with Crippen molar-refractivity contribution < 1.29 is 13.9 Å². The van der Waals surface area contributed by atoms with Crippen molar-refractivity contribution in [2.45, 2.75) is 20.0 Å². The van der Waals surface area contributed by atoms with Gasteiger partial charge >= 0.3 is 7.94 Å². The lowest BCUT2D eigenvalue weighted by Gasteiger charge is -2.15. The molecule has 0 bridgehead atoms. The second-order valence-electron chi connectivity index (χ2n) is 3.26. The van der Waals surface area contributed by atoms with Gasteiger partial charge in [0.05, 0.1) is 13.2 Å². The van der Waals surface area contributed by atoms with E-state index in [0.29, 0.717) is 19.4 Å². The molecule has 1 aromatic rings. The van der Waals surface area contributed by atoms with Gasteiger partial charge in [0.1, 0.15) is 0 Å². The zero-order chi connectivity index (χ0) is 12.0. The molecule has 1 N–H and O–H groups in total. The molecule has 0 saturated heterocycles. The second kappa shape index (κ2) is 6.67. The van der Waals surface area contributed by atoms with E-state index in [1.54, 1.807) is 0 Å². The number of benzene rings is 1. The van der Waals surface area contributed by atoms with E-state index in [1.807, 2.05) is 38.1 Å². The van der Waals surface area contributed by atoms with Gasteiger partial charge in [-0.3, -0.25) is 0 Å². The molecule has 0 heterocycles. The van der Waals surface area contributed by atoms with Crippen LogP contribution < -0.4 is 0 Å². The highest BCUT2D eigenvalue weighted by Crippen LogP contribution is 2.59. The van der Waals surface area contributed by atoms with E-state index in [0.717, 1.165) is 10.0 Å². The van der Waals surface area contributed by atoms with Crippen molar-refractivity contribution in [3.63, 3.8) is 0 Å². The van der Waals surface area contributed by atoms with Gasteiger partial charge < -0.3 is 0 Å². The Bertz CT molecular complexity index is 310. The van der Waals surface area contributed by atoms with Crippen LogP contribution in [0.4, 0.5) is 0 Å². The zero-order valence-electron chi connectivity index (χ0n) is 9.52. The molecule has 0 aliphatic carbocycles. The van der Waals surface area contributed by atoms with Gasteiger partial charge in [-0.2, -0.15) is 13.9 Å². The minimum Gasteiger partial charge on any atom is -0.192 e. The van der Waals surface area contributed by atoms with Crippen LogP contribution in [0.3, 0.4) is 0 Å². The Balaban J connectivity index is 2.70. The number of hydrogen-bond donors (Lipinski definition) is 1. The van der Waals surface area contributed by atoms with E-state index >= 15 is 0 Å². The molecule has 0 aromatic heterocycles. The van der Waals surface area contributed by atoms with Crippen LogP contribution in [0.25, 0.3) is 0 Å². The maximum Gasteiger partial charge on any atom is 0.413 e. The van der Waals surface area contributed by atoms with E-state index < -0.39 is 7.94 Å². The van der Waals surface area contributed by atoms with Gasteiger partial charge in [0.15, 0.2) is 6.16 Å². The van der Waals surface area contributed by atoms with Crippen molar-refractivity contribution in [2.75, 3.05) is 13.2 Å². The van der Waals surface area contributed by atoms with Crippen molar-refractivity contribution in [2.24, 2.45) is 0 Å². The summed E-state index contributed by atoms with van der Waals surface area (Å²) in [5.41, 5.74) is 1.01. The summed E-state index contributed by atoms with van der Waals surface area (Å²) >= 11 is 3.37. The molecule has 0 atom stereocenters. The van der Waals surface area contributed by atoms with Gasteiger partial charge in [0.2, 0.25) is 0 Å². The molecule has 0 amide bonds. The third kappa shape index (κ3) is 4.48. The van der Waals surface area contributed by atoms with Gasteiger partial charge in [0.25, 0.3) is 0 Å². The highest BCUT2D eigenvalue weighted by atomic mass is 79.9. The van der Waals surface area contributed by atoms with Gasteiger partial charge in [-0.15, -0.1) is 0 Å². The van der Waals surface area contributed by atoms with Gasteiger partial charge in [-0.25, -0.2) is 0 Å². The Labute approximate surface area is 105 Å². The first-order chi connectivity index (χ1) is 7.59. The Morgan fingerprint density at radius 1 is 1.12 bits per heavy atom. The molecule has 1 rings (SSSR count). The average molecular weight is 308 g/mol. The van der Waals surface area contributed by atoms with Crippen LogP contribution in [0.5, 0.6) is 0 Å². The number of rotatable bonds is 6. The molecule has 90 valence electrons. The lowest BCUT2D eigenvalue weighted by molar-refractivity contribution is 0.188. The van der Waals surface area contributed by atoms with Crippen LogP contribution >= 0.6 is 23.9 Å². The van der Waals surface area contributed by atoms with Gasteiger partial charge in [-0.05, 0) is 31.5 Å². The molecule has 1 aromatic carbocycles. The molecular weight excluding hydrogens is 291 g/mol. The number of hydrogen-bond acceptors (Lipinski definition) is 3. The summed E-state index contributed by atoms with van der Waals surface area (Å²) in [5, 5.41) is 0. The summed E-state index contributed by atoms with van der Waals surface area (Å²) in [6.45, 7) is 4.62. The molecule has 5 heteroatoms. The summed E-state index contributed by atoms with van der Waals surface area (Å²) in [4.78, 5) is 10.2. The fourth-order valence-electron chi connectivity index (χ4n) is 1.35. The predicted molar refractivity (Wildman–Crippen MR) is 70.2 cm³/mol. The zero-order valence-corrected chi connectivity index (χ0v) is 12.0. The van der Waals surface area contributed by atoms with Crippen LogP contribution in [-0.4, -0.2) is 18.1 Å². The lowest BCUT2D eigenvalue weighted by atomic mass is 10.2. The molecule has 0 unspecified atom stereocenters. The molecule has 0 spiro atoms. The summed E-state index contributed by atoms with van der Waals surface area (Å²) in [6, 6.07) is 7.79. The molecule has 0 fully saturated rings. The van der Waals surface area contributed by atoms with Gasteiger partial charge in [0, 0.05) is 4.47 Å². The molecule has 0 saturated carbocycles. The van der Waals surface area contributed by atoms with Crippen molar-refractivity contribution in [1.82, 2.24) is 0 Å².